The van der Waals surface area contributed by atoms with E-state index in [0.717, 1.165) is 13.1 Å². The molecule has 0 unspecified atom stereocenters. The van der Waals surface area contributed by atoms with Crippen molar-refractivity contribution in [1.29, 1.82) is 0 Å². The number of aromatic nitrogens is 2. The van der Waals surface area contributed by atoms with E-state index in [9.17, 15) is 0 Å². The van der Waals surface area contributed by atoms with Crippen molar-refractivity contribution in [3.05, 3.63) is 52.8 Å². The van der Waals surface area contributed by atoms with Gasteiger partial charge in [-0.3, -0.25) is 5.10 Å². The number of H-pyrrole nitrogens is 1. The molecule has 1 aromatic heterocycles. The van der Waals surface area contributed by atoms with Crippen LogP contribution in [-0.2, 0) is 29.8 Å². The lowest BCUT2D eigenvalue weighted by molar-refractivity contribution is 0.0657. The zero-order chi connectivity index (χ0) is 16.9. The van der Waals surface area contributed by atoms with Crippen LogP contribution in [0, 0.1) is 0 Å². The topological polar surface area (TPSA) is 49.9 Å². The van der Waals surface area contributed by atoms with Gasteiger partial charge in [0, 0.05) is 29.8 Å². The van der Waals surface area contributed by atoms with Gasteiger partial charge in [-0.15, -0.1) is 12.4 Å². The Balaban J connectivity index is 0.00000288. The molecule has 0 bridgehead atoms. The van der Waals surface area contributed by atoms with Gasteiger partial charge in [0.25, 0.3) is 0 Å². The van der Waals surface area contributed by atoms with Gasteiger partial charge in [0.15, 0.2) is 0 Å². The third kappa shape index (κ3) is 6.27. The minimum Gasteiger partial charge on any atom is -0.374 e. The molecule has 0 saturated heterocycles. The van der Waals surface area contributed by atoms with Gasteiger partial charge in [0.2, 0.25) is 0 Å². The molecule has 0 amide bonds. The summed E-state index contributed by atoms with van der Waals surface area (Å²) in [5.74, 6) is 0. The first-order chi connectivity index (χ1) is 10.9. The Bertz CT molecular complexity index is 600. The van der Waals surface area contributed by atoms with Gasteiger partial charge in [0.1, 0.15) is 0 Å². The number of rotatable bonds is 7. The first-order valence-corrected chi connectivity index (χ1v) is 8.29. The fraction of sp³-hybridized carbons (Fsp3) is 0.526. The molecular weight excluding hydrogens is 322 g/mol. The molecule has 2 rings (SSSR count). The largest absolute Gasteiger partial charge is 0.374 e. The standard InChI is InChI=1S/C19H29N3O.ClH/c1-14(2)23-13-16-8-6-15(7-9-16)10-20-11-17-12-21-22-18(17)19(3,4)5;/h6-9,12,14,20H,10-11,13H2,1-5H3,(H,21,22);1H. The van der Waals surface area contributed by atoms with Crippen LogP contribution in [0.2, 0.25) is 0 Å². The van der Waals surface area contributed by atoms with Gasteiger partial charge in [-0.05, 0) is 25.0 Å². The van der Waals surface area contributed by atoms with Crippen LogP contribution in [-0.4, -0.2) is 16.3 Å². The zero-order valence-electron chi connectivity index (χ0n) is 15.3. The van der Waals surface area contributed by atoms with Crippen LogP contribution >= 0.6 is 12.4 Å². The highest BCUT2D eigenvalue weighted by atomic mass is 35.5. The number of halogens is 1. The maximum Gasteiger partial charge on any atom is 0.0720 e. The van der Waals surface area contributed by atoms with Gasteiger partial charge in [-0.25, -0.2) is 0 Å². The van der Waals surface area contributed by atoms with Gasteiger partial charge < -0.3 is 10.1 Å². The number of hydrogen-bond donors (Lipinski definition) is 2. The molecule has 24 heavy (non-hydrogen) atoms. The highest BCUT2D eigenvalue weighted by molar-refractivity contribution is 5.85. The Morgan fingerprint density at radius 1 is 1.08 bits per heavy atom. The third-order valence-electron chi connectivity index (χ3n) is 3.72. The number of aromatic amines is 1. The second-order valence-electron chi connectivity index (χ2n) is 7.30. The van der Waals surface area contributed by atoms with Gasteiger partial charge in [-0.1, -0.05) is 45.0 Å². The van der Waals surface area contributed by atoms with Crippen LogP contribution in [0.5, 0.6) is 0 Å². The lowest BCUT2D eigenvalue weighted by Gasteiger charge is -2.18. The molecule has 0 atom stereocenters. The highest BCUT2D eigenvalue weighted by Gasteiger charge is 2.19. The Labute approximate surface area is 151 Å². The Kier molecular flexibility index (Phi) is 7.94. The van der Waals surface area contributed by atoms with Crippen LogP contribution < -0.4 is 5.32 Å². The van der Waals surface area contributed by atoms with Crippen molar-refractivity contribution in [2.45, 2.75) is 65.8 Å². The Morgan fingerprint density at radius 2 is 1.71 bits per heavy atom. The molecule has 1 aromatic carbocycles. The molecule has 0 spiro atoms. The summed E-state index contributed by atoms with van der Waals surface area (Å²) in [6.45, 7) is 13.0. The summed E-state index contributed by atoms with van der Waals surface area (Å²) in [6.07, 6.45) is 2.18. The second-order valence-corrected chi connectivity index (χ2v) is 7.30. The number of nitrogens with zero attached hydrogens (tertiary/aromatic N) is 1. The average molecular weight is 352 g/mol. The smallest absolute Gasteiger partial charge is 0.0720 e. The monoisotopic (exact) mass is 351 g/mol. The number of ether oxygens (including phenoxy) is 1. The normalized spacial score (nSPS) is 11.6. The van der Waals surface area contributed by atoms with Crippen molar-refractivity contribution in [2.75, 3.05) is 0 Å². The summed E-state index contributed by atoms with van der Waals surface area (Å²) < 4.78 is 5.62. The fourth-order valence-electron chi connectivity index (χ4n) is 2.45. The van der Waals surface area contributed by atoms with Crippen molar-refractivity contribution in [2.24, 2.45) is 0 Å². The van der Waals surface area contributed by atoms with Crippen LogP contribution in [0.3, 0.4) is 0 Å². The average Bonchev–Trinajstić information content (AvgIpc) is 2.95. The van der Waals surface area contributed by atoms with Crippen LogP contribution in [0.25, 0.3) is 0 Å². The van der Waals surface area contributed by atoms with Gasteiger partial charge in [-0.2, -0.15) is 5.10 Å². The van der Waals surface area contributed by atoms with Crippen molar-refractivity contribution in [3.63, 3.8) is 0 Å². The molecule has 0 aliphatic rings. The molecule has 2 N–H and O–H groups in total. The minimum absolute atomic E-state index is 0. The van der Waals surface area contributed by atoms with Crippen molar-refractivity contribution < 1.29 is 4.74 Å². The van der Waals surface area contributed by atoms with Crippen LogP contribution in [0.1, 0.15) is 57.0 Å². The molecule has 1 heterocycles. The first kappa shape index (κ1) is 20.7. The van der Waals surface area contributed by atoms with Crippen molar-refractivity contribution in [1.82, 2.24) is 15.5 Å². The summed E-state index contributed by atoms with van der Waals surface area (Å²) >= 11 is 0. The fourth-order valence-corrected chi connectivity index (χ4v) is 2.45. The quantitative estimate of drug-likeness (QED) is 0.780. The summed E-state index contributed by atoms with van der Waals surface area (Å²) in [7, 11) is 0. The van der Waals surface area contributed by atoms with Crippen molar-refractivity contribution in [3.8, 4) is 0 Å². The van der Waals surface area contributed by atoms with E-state index in [1.54, 1.807) is 0 Å². The number of hydrogen-bond acceptors (Lipinski definition) is 3. The molecule has 0 saturated carbocycles. The molecule has 134 valence electrons. The number of benzene rings is 1. The van der Waals surface area contributed by atoms with E-state index in [0.29, 0.717) is 6.61 Å². The van der Waals surface area contributed by atoms with Crippen molar-refractivity contribution >= 4 is 12.4 Å². The molecule has 0 fully saturated rings. The SMILES string of the molecule is CC(C)OCc1ccc(CNCc2cn[nH]c2C(C)(C)C)cc1.Cl. The molecule has 4 nitrogen and oxygen atoms in total. The van der Waals surface area contributed by atoms with E-state index in [4.69, 9.17) is 4.74 Å². The molecule has 0 aliphatic heterocycles. The summed E-state index contributed by atoms with van der Waals surface area (Å²) in [6, 6.07) is 8.59. The second kappa shape index (κ2) is 9.21. The summed E-state index contributed by atoms with van der Waals surface area (Å²) in [5, 5.41) is 10.8. The molecule has 0 aliphatic carbocycles. The highest BCUT2D eigenvalue weighted by Crippen LogP contribution is 2.23. The lowest BCUT2D eigenvalue weighted by atomic mass is 9.89. The van der Waals surface area contributed by atoms with Gasteiger partial charge >= 0.3 is 0 Å². The summed E-state index contributed by atoms with van der Waals surface area (Å²) in [5.41, 5.74) is 5.02. The first-order valence-electron chi connectivity index (χ1n) is 8.29. The minimum atomic E-state index is 0. The van der Waals surface area contributed by atoms with Gasteiger partial charge in [0.05, 0.1) is 18.9 Å². The van der Waals surface area contributed by atoms with Crippen LogP contribution in [0.4, 0.5) is 0 Å². The van der Waals surface area contributed by atoms with E-state index in [1.165, 1.54) is 22.4 Å². The van der Waals surface area contributed by atoms with E-state index >= 15 is 0 Å². The summed E-state index contributed by atoms with van der Waals surface area (Å²) in [4.78, 5) is 0. The van der Waals surface area contributed by atoms with Crippen LogP contribution in [0.15, 0.2) is 30.5 Å². The molecule has 5 heteroatoms. The molecule has 0 radical (unpaired) electrons. The maximum absolute atomic E-state index is 5.62. The predicted molar refractivity (Wildman–Crippen MR) is 101 cm³/mol. The Hall–Kier alpha value is -1.36. The lowest BCUT2D eigenvalue weighted by Crippen LogP contribution is -2.19. The number of nitrogens with one attached hydrogen (secondary N) is 2. The Morgan fingerprint density at radius 3 is 2.29 bits per heavy atom. The van der Waals surface area contributed by atoms with E-state index in [-0.39, 0.29) is 23.9 Å². The molecule has 2 aromatic rings. The third-order valence-corrected chi connectivity index (χ3v) is 3.72. The van der Waals surface area contributed by atoms with E-state index in [2.05, 4.69) is 74.4 Å². The molecular formula is C19H30ClN3O. The zero-order valence-corrected chi connectivity index (χ0v) is 16.2. The predicted octanol–water partition coefficient (Wildman–Crippen LogP) is 4.34. The maximum atomic E-state index is 5.62. The van der Waals surface area contributed by atoms with E-state index in [1.807, 2.05) is 6.20 Å². The van der Waals surface area contributed by atoms with E-state index < -0.39 is 0 Å².